The molecule has 0 radical (unpaired) electrons. The lowest BCUT2D eigenvalue weighted by molar-refractivity contribution is 0.0592. The Morgan fingerprint density at radius 2 is 1.82 bits per heavy atom. The molecule has 1 aromatic heterocycles. The molecule has 0 saturated carbocycles. The highest BCUT2D eigenvalue weighted by molar-refractivity contribution is 6.00. The van der Waals surface area contributed by atoms with Crippen molar-refractivity contribution < 1.29 is 23.8 Å². The molecule has 0 spiro atoms. The molecule has 3 aromatic rings. The molecule has 0 aliphatic rings. The average molecular weight is 447 g/mol. The lowest BCUT2D eigenvalue weighted by Gasteiger charge is -2.18. The van der Waals surface area contributed by atoms with Gasteiger partial charge in [0.15, 0.2) is 5.75 Å². The maximum atomic E-state index is 12.9. The topological polar surface area (TPSA) is 90.5 Å². The minimum atomic E-state index is -0.678. The summed E-state index contributed by atoms with van der Waals surface area (Å²) in [6, 6.07) is 11.4. The summed E-state index contributed by atoms with van der Waals surface area (Å²) in [6.45, 7) is 3.92. The van der Waals surface area contributed by atoms with Crippen molar-refractivity contribution in [1.29, 1.82) is 0 Å². The first-order valence-electron chi connectivity index (χ1n) is 10.3. The van der Waals surface area contributed by atoms with Gasteiger partial charge in [0.2, 0.25) is 0 Å². The quantitative estimate of drug-likeness (QED) is 0.224. The van der Waals surface area contributed by atoms with Gasteiger partial charge in [0.05, 0.1) is 26.7 Å². The summed E-state index contributed by atoms with van der Waals surface area (Å²) >= 11 is 0. The van der Waals surface area contributed by atoms with Crippen molar-refractivity contribution in [3.05, 3.63) is 88.5 Å². The van der Waals surface area contributed by atoms with Crippen LogP contribution in [0.25, 0.3) is 12.2 Å². The summed E-state index contributed by atoms with van der Waals surface area (Å²) in [5, 5.41) is 0. The summed E-state index contributed by atoms with van der Waals surface area (Å²) in [4.78, 5) is 32.3. The normalized spacial score (nSPS) is 10.7. The van der Waals surface area contributed by atoms with Crippen molar-refractivity contribution >= 4 is 24.1 Å². The molecule has 0 unspecified atom stereocenters. The fourth-order valence-corrected chi connectivity index (χ4v) is 3.20. The van der Waals surface area contributed by atoms with Crippen LogP contribution in [0.15, 0.2) is 60.6 Å². The van der Waals surface area contributed by atoms with E-state index in [1.807, 2.05) is 56.3 Å². The number of ether oxygens (including phenoxy) is 3. The van der Waals surface area contributed by atoms with Crippen LogP contribution in [0.4, 0.5) is 0 Å². The molecule has 1 N–H and O–H groups in total. The zero-order valence-corrected chi connectivity index (χ0v) is 19.0. The largest absolute Gasteiger partial charge is 0.496 e. The molecule has 2 aromatic carbocycles. The zero-order chi connectivity index (χ0) is 23.8. The van der Waals surface area contributed by atoms with Gasteiger partial charge in [0, 0.05) is 5.56 Å². The number of rotatable bonds is 8. The van der Waals surface area contributed by atoms with Gasteiger partial charge in [-0.3, -0.25) is 0 Å². The molecule has 3 rings (SSSR count). The van der Waals surface area contributed by atoms with Crippen molar-refractivity contribution in [2.24, 2.45) is 0 Å². The van der Waals surface area contributed by atoms with Crippen LogP contribution in [0.3, 0.4) is 0 Å². The van der Waals surface area contributed by atoms with E-state index in [1.165, 1.54) is 26.7 Å². The molecule has 0 amide bonds. The lowest BCUT2D eigenvalue weighted by Crippen LogP contribution is -2.16. The van der Waals surface area contributed by atoms with Crippen LogP contribution >= 0.6 is 0 Å². The number of carbonyl (C=O) groups excluding carboxylic acids is 2. The Balaban J connectivity index is 2.22. The molecule has 0 aliphatic heterocycles. The van der Waals surface area contributed by atoms with E-state index in [4.69, 9.17) is 14.2 Å². The first-order chi connectivity index (χ1) is 15.9. The van der Waals surface area contributed by atoms with Crippen LogP contribution in [-0.4, -0.2) is 36.1 Å². The minimum absolute atomic E-state index is 0.0889. The Bertz CT molecular complexity index is 1180. The SMILES string of the molecule is COC(=O)c1c(/C=C/c2ccccc2)cc(OC)c(CC=C(C)C)c1OC(=O)c1cnc[nH]1. The number of nitrogens with one attached hydrogen (secondary N) is 1. The first kappa shape index (κ1) is 23.5. The first-order valence-corrected chi connectivity index (χ1v) is 10.3. The van der Waals surface area contributed by atoms with Crippen LogP contribution in [-0.2, 0) is 11.2 Å². The third-order valence-corrected chi connectivity index (χ3v) is 4.87. The molecule has 0 aliphatic carbocycles. The minimum Gasteiger partial charge on any atom is -0.496 e. The number of H-pyrrole nitrogens is 1. The molecule has 0 bridgehead atoms. The highest BCUT2D eigenvalue weighted by Gasteiger charge is 2.27. The van der Waals surface area contributed by atoms with E-state index in [-0.39, 0.29) is 17.0 Å². The van der Waals surface area contributed by atoms with E-state index in [0.29, 0.717) is 23.3 Å². The molecule has 1 heterocycles. The Hall–Kier alpha value is -4.13. The van der Waals surface area contributed by atoms with Crippen molar-refractivity contribution in [3.8, 4) is 11.5 Å². The molecule has 0 fully saturated rings. The van der Waals surface area contributed by atoms with E-state index in [9.17, 15) is 9.59 Å². The number of hydrogen-bond donors (Lipinski definition) is 1. The van der Waals surface area contributed by atoms with Crippen molar-refractivity contribution in [3.63, 3.8) is 0 Å². The highest BCUT2D eigenvalue weighted by Crippen LogP contribution is 2.38. The second-order valence-electron chi connectivity index (χ2n) is 7.43. The molecule has 170 valence electrons. The van der Waals surface area contributed by atoms with Gasteiger partial charge >= 0.3 is 11.9 Å². The van der Waals surface area contributed by atoms with Gasteiger partial charge in [-0.1, -0.05) is 54.1 Å². The van der Waals surface area contributed by atoms with Gasteiger partial charge in [-0.05, 0) is 37.5 Å². The standard InChI is InChI=1S/C26H26N2O5/c1-17(2)10-13-20-22(31-3)14-19(12-11-18-8-6-5-7-9-18)23(26(30)32-4)24(20)33-25(29)21-15-27-16-28-21/h5-12,14-16H,13H2,1-4H3,(H,27,28)/b12-11+. The molecular weight excluding hydrogens is 420 g/mol. The monoisotopic (exact) mass is 446 g/mol. The predicted octanol–water partition coefficient (Wildman–Crippen LogP) is 5.10. The van der Waals surface area contributed by atoms with Gasteiger partial charge in [-0.2, -0.15) is 0 Å². The number of esters is 2. The molecule has 7 heteroatoms. The van der Waals surface area contributed by atoms with E-state index < -0.39 is 11.9 Å². The Morgan fingerprint density at radius 3 is 2.42 bits per heavy atom. The van der Waals surface area contributed by atoms with Crippen LogP contribution in [0.1, 0.15) is 51.4 Å². The zero-order valence-electron chi connectivity index (χ0n) is 19.0. The summed E-state index contributed by atoms with van der Waals surface area (Å²) < 4.78 is 16.4. The Kier molecular flexibility index (Phi) is 7.81. The van der Waals surface area contributed by atoms with Gasteiger partial charge < -0.3 is 19.2 Å². The van der Waals surface area contributed by atoms with E-state index in [1.54, 1.807) is 12.1 Å². The number of carbonyl (C=O) groups is 2. The van der Waals surface area contributed by atoms with Crippen molar-refractivity contribution in [2.45, 2.75) is 20.3 Å². The third kappa shape index (κ3) is 5.77. The van der Waals surface area contributed by atoms with Crippen LogP contribution in [0.2, 0.25) is 0 Å². The van der Waals surface area contributed by atoms with Crippen LogP contribution in [0.5, 0.6) is 11.5 Å². The summed E-state index contributed by atoms with van der Waals surface area (Å²) in [5.74, 6) is -0.732. The number of nitrogens with zero attached hydrogens (tertiary/aromatic N) is 1. The molecule has 0 saturated heterocycles. The van der Waals surface area contributed by atoms with E-state index in [2.05, 4.69) is 9.97 Å². The second kappa shape index (κ2) is 10.9. The average Bonchev–Trinajstić information content (AvgIpc) is 3.37. The van der Waals surface area contributed by atoms with Crippen molar-refractivity contribution in [1.82, 2.24) is 9.97 Å². The van der Waals surface area contributed by atoms with Crippen LogP contribution < -0.4 is 9.47 Å². The fraction of sp³-hybridized carbons (Fsp3) is 0.192. The molecular formula is C26H26N2O5. The number of hydrogen-bond acceptors (Lipinski definition) is 6. The molecule has 7 nitrogen and oxygen atoms in total. The van der Waals surface area contributed by atoms with Gasteiger partial charge in [-0.25, -0.2) is 14.6 Å². The smallest absolute Gasteiger partial charge is 0.361 e. The molecule has 33 heavy (non-hydrogen) atoms. The van der Waals surface area contributed by atoms with Gasteiger partial charge in [-0.15, -0.1) is 0 Å². The van der Waals surface area contributed by atoms with Crippen LogP contribution in [0, 0.1) is 0 Å². The van der Waals surface area contributed by atoms with E-state index >= 15 is 0 Å². The summed E-state index contributed by atoms with van der Waals surface area (Å²) in [6.07, 6.45) is 8.71. The third-order valence-electron chi connectivity index (χ3n) is 4.87. The predicted molar refractivity (Wildman–Crippen MR) is 126 cm³/mol. The maximum absolute atomic E-state index is 12.9. The number of benzene rings is 2. The molecule has 0 atom stereocenters. The maximum Gasteiger partial charge on any atom is 0.361 e. The summed E-state index contributed by atoms with van der Waals surface area (Å²) in [5.41, 5.74) is 3.35. The Labute approximate surface area is 192 Å². The second-order valence-corrected chi connectivity index (χ2v) is 7.43. The summed E-state index contributed by atoms with van der Waals surface area (Å²) in [7, 11) is 2.82. The highest BCUT2D eigenvalue weighted by atomic mass is 16.5. The number of imidazole rings is 1. The Morgan fingerprint density at radius 1 is 1.06 bits per heavy atom. The fourth-order valence-electron chi connectivity index (χ4n) is 3.20. The lowest BCUT2D eigenvalue weighted by atomic mass is 9.97. The van der Waals surface area contributed by atoms with E-state index in [0.717, 1.165) is 11.1 Å². The van der Waals surface area contributed by atoms with Gasteiger partial charge in [0.1, 0.15) is 17.0 Å². The number of aromatic nitrogens is 2. The van der Waals surface area contributed by atoms with Crippen molar-refractivity contribution in [2.75, 3.05) is 14.2 Å². The number of allylic oxidation sites excluding steroid dienone is 2. The number of aromatic amines is 1. The number of methoxy groups -OCH3 is 2. The van der Waals surface area contributed by atoms with Gasteiger partial charge in [0.25, 0.3) is 0 Å².